The average Bonchev–Trinajstić information content (AvgIpc) is 3.16. The van der Waals surface area contributed by atoms with Crippen molar-refractivity contribution in [3.05, 3.63) is 48.5 Å². The Morgan fingerprint density at radius 1 is 1.27 bits per heavy atom. The van der Waals surface area contributed by atoms with Crippen LogP contribution in [0.1, 0.15) is 5.76 Å². The fraction of sp³-hybridized carbons (Fsp3) is 0.167. The summed E-state index contributed by atoms with van der Waals surface area (Å²) >= 11 is 3.00. The summed E-state index contributed by atoms with van der Waals surface area (Å²) < 4.78 is 7.60. The van der Waals surface area contributed by atoms with E-state index in [9.17, 15) is 4.79 Å². The fourth-order valence-corrected chi connectivity index (χ4v) is 3.95. The normalized spacial score (nSPS) is 11.3. The van der Waals surface area contributed by atoms with E-state index >= 15 is 0 Å². The number of fused-ring (bicyclic) bond motifs is 3. The van der Waals surface area contributed by atoms with Gasteiger partial charge in [0.25, 0.3) is 0 Å². The van der Waals surface area contributed by atoms with Crippen molar-refractivity contribution in [3.8, 4) is 0 Å². The number of hydrogen-bond acceptors (Lipinski definition) is 6. The Bertz CT molecular complexity index is 1100. The van der Waals surface area contributed by atoms with Crippen molar-refractivity contribution in [2.24, 2.45) is 0 Å². The van der Waals surface area contributed by atoms with Crippen molar-refractivity contribution in [2.45, 2.75) is 16.8 Å². The minimum absolute atomic E-state index is 0.0804. The number of nitrogens with zero attached hydrogens (tertiary/aromatic N) is 3. The highest BCUT2D eigenvalue weighted by atomic mass is 32.2. The zero-order chi connectivity index (χ0) is 18.1. The Morgan fingerprint density at radius 2 is 2.15 bits per heavy atom. The molecule has 0 atom stereocenters. The van der Waals surface area contributed by atoms with Crippen LogP contribution in [0.3, 0.4) is 0 Å². The van der Waals surface area contributed by atoms with Crippen LogP contribution in [0, 0.1) is 6.92 Å². The van der Waals surface area contributed by atoms with E-state index in [4.69, 9.17) is 4.42 Å². The highest BCUT2D eigenvalue weighted by Crippen LogP contribution is 2.28. The van der Waals surface area contributed by atoms with Gasteiger partial charge >= 0.3 is 0 Å². The molecular weight excluding hydrogens is 368 g/mol. The van der Waals surface area contributed by atoms with Crippen LogP contribution in [0.4, 0.5) is 5.69 Å². The lowest BCUT2D eigenvalue weighted by Crippen LogP contribution is -2.14. The van der Waals surface area contributed by atoms with Gasteiger partial charge in [0.1, 0.15) is 17.1 Å². The summed E-state index contributed by atoms with van der Waals surface area (Å²) in [5.41, 5.74) is 3.42. The zero-order valence-corrected chi connectivity index (χ0v) is 15.9. The number of hydrogen-bond donors (Lipinski definition) is 1. The molecule has 1 N–H and O–H groups in total. The molecule has 0 radical (unpaired) electrons. The molecule has 0 bridgehead atoms. The zero-order valence-electron chi connectivity index (χ0n) is 14.2. The van der Waals surface area contributed by atoms with Gasteiger partial charge in [0, 0.05) is 22.7 Å². The van der Waals surface area contributed by atoms with Crippen molar-refractivity contribution >= 4 is 51.7 Å². The fourth-order valence-electron chi connectivity index (χ4n) is 2.74. The lowest BCUT2D eigenvalue weighted by Gasteiger charge is -2.06. The second-order valence-electron chi connectivity index (χ2n) is 5.71. The number of nitrogens with one attached hydrogen (secondary N) is 1. The second-order valence-corrected chi connectivity index (χ2v) is 7.55. The van der Waals surface area contributed by atoms with Crippen LogP contribution in [0.5, 0.6) is 0 Å². The van der Waals surface area contributed by atoms with E-state index in [1.165, 1.54) is 11.8 Å². The number of carbonyl (C=O) groups excluding carboxylic acids is 1. The summed E-state index contributed by atoms with van der Waals surface area (Å²) in [6.07, 6.45) is 3.66. The lowest BCUT2D eigenvalue weighted by molar-refractivity contribution is -0.113. The van der Waals surface area contributed by atoms with E-state index in [1.54, 1.807) is 18.1 Å². The minimum Gasteiger partial charge on any atom is -0.460 e. The van der Waals surface area contributed by atoms with Gasteiger partial charge in [0.05, 0.1) is 16.8 Å². The number of anilines is 1. The van der Waals surface area contributed by atoms with Crippen LogP contribution in [0.2, 0.25) is 0 Å². The van der Waals surface area contributed by atoms with E-state index in [0.29, 0.717) is 5.03 Å². The molecule has 0 aliphatic rings. The molecule has 0 saturated heterocycles. The Labute approximate surface area is 158 Å². The van der Waals surface area contributed by atoms with Crippen LogP contribution >= 0.6 is 23.5 Å². The van der Waals surface area contributed by atoms with Gasteiger partial charge in [-0.25, -0.2) is 0 Å². The van der Waals surface area contributed by atoms with Crippen molar-refractivity contribution in [1.29, 1.82) is 0 Å². The third kappa shape index (κ3) is 3.30. The number of thioether (sulfide) groups is 2. The molecule has 8 heteroatoms. The number of rotatable bonds is 5. The number of amides is 1. The maximum atomic E-state index is 12.3. The van der Waals surface area contributed by atoms with Gasteiger partial charge in [-0.3, -0.25) is 9.20 Å². The molecular formula is C18H16N4O2S2. The van der Waals surface area contributed by atoms with Gasteiger partial charge < -0.3 is 9.73 Å². The van der Waals surface area contributed by atoms with Crippen LogP contribution < -0.4 is 5.32 Å². The molecule has 1 aromatic carbocycles. The number of furan rings is 1. The van der Waals surface area contributed by atoms with Crippen molar-refractivity contribution in [1.82, 2.24) is 14.6 Å². The van der Waals surface area contributed by atoms with E-state index in [-0.39, 0.29) is 11.7 Å². The van der Waals surface area contributed by atoms with Crippen molar-refractivity contribution < 1.29 is 9.21 Å². The van der Waals surface area contributed by atoms with Gasteiger partial charge in [0.2, 0.25) is 5.91 Å². The van der Waals surface area contributed by atoms with Crippen LogP contribution in [-0.4, -0.2) is 32.5 Å². The van der Waals surface area contributed by atoms with E-state index in [0.717, 1.165) is 33.0 Å². The molecule has 132 valence electrons. The summed E-state index contributed by atoms with van der Waals surface area (Å²) in [6, 6.07) is 11.7. The molecule has 3 heterocycles. The summed E-state index contributed by atoms with van der Waals surface area (Å²) in [7, 11) is 0. The maximum Gasteiger partial charge on any atom is 0.234 e. The van der Waals surface area contributed by atoms with Crippen LogP contribution in [-0.2, 0) is 4.79 Å². The molecule has 4 aromatic rings. The van der Waals surface area contributed by atoms with Gasteiger partial charge in [-0.05, 0) is 31.4 Å². The Morgan fingerprint density at radius 3 is 3.00 bits per heavy atom. The Balaban J connectivity index is 1.50. The van der Waals surface area contributed by atoms with Gasteiger partial charge in [-0.2, -0.15) is 0 Å². The molecule has 6 nitrogen and oxygen atoms in total. The minimum atomic E-state index is -0.0804. The topological polar surface area (TPSA) is 72.4 Å². The van der Waals surface area contributed by atoms with E-state index in [1.807, 2.05) is 54.0 Å². The quantitative estimate of drug-likeness (QED) is 0.519. The van der Waals surface area contributed by atoms with Crippen molar-refractivity contribution in [3.63, 3.8) is 0 Å². The third-order valence-electron chi connectivity index (χ3n) is 3.88. The Kier molecular flexibility index (Phi) is 4.60. The third-order valence-corrected chi connectivity index (χ3v) is 5.57. The maximum absolute atomic E-state index is 12.3. The van der Waals surface area contributed by atoms with E-state index in [2.05, 4.69) is 15.5 Å². The average molecular weight is 384 g/mol. The van der Waals surface area contributed by atoms with Crippen LogP contribution in [0.15, 0.2) is 57.1 Å². The molecule has 26 heavy (non-hydrogen) atoms. The molecule has 0 unspecified atom stereocenters. The second kappa shape index (κ2) is 7.05. The van der Waals surface area contributed by atoms with E-state index < -0.39 is 0 Å². The SMILES string of the molecule is CSc1cccc(NC(=O)CSc2nncn3c2cc2oc(C)cc23)c1. The van der Waals surface area contributed by atoms with Gasteiger partial charge in [-0.1, -0.05) is 17.8 Å². The molecule has 3 aromatic heterocycles. The first-order valence-corrected chi connectivity index (χ1v) is 10.1. The molecule has 0 aliphatic carbocycles. The highest BCUT2D eigenvalue weighted by molar-refractivity contribution is 8.00. The lowest BCUT2D eigenvalue weighted by atomic mass is 10.3. The molecule has 0 saturated carbocycles. The molecule has 4 rings (SSSR count). The molecule has 0 aliphatic heterocycles. The molecule has 1 amide bonds. The number of aromatic nitrogens is 3. The molecule has 0 spiro atoms. The summed E-state index contributed by atoms with van der Waals surface area (Å²) in [4.78, 5) is 13.4. The number of aryl methyl sites for hydroxylation is 1. The van der Waals surface area contributed by atoms with Gasteiger partial charge in [-0.15, -0.1) is 22.0 Å². The standard InChI is InChI=1S/C18H16N4O2S2/c1-11-6-14-16(24-11)8-15-18(21-19-10-22(14)15)26-9-17(23)20-12-4-3-5-13(7-12)25-2/h3-8,10H,9H2,1-2H3,(H,20,23). The Hall–Kier alpha value is -2.45. The number of benzene rings is 1. The van der Waals surface area contributed by atoms with Crippen LogP contribution in [0.25, 0.3) is 16.6 Å². The summed E-state index contributed by atoms with van der Waals surface area (Å²) in [5.74, 6) is 1.02. The highest BCUT2D eigenvalue weighted by Gasteiger charge is 2.14. The molecule has 0 fully saturated rings. The van der Waals surface area contributed by atoms with Crippen molar-refractivity contribution in [2.75, 3.05) is 17.3 Å². The predicted molar refractivity (Wildman–Crippen MR) is 105 cm³/mol. The largest absolute Gasteiger partial charge is 0.460 e. The first-order valence-electron chi connectivity index (χ1n) is 7.93. The monoisotopic (exact) mass is 384 g/mol. The number of carbonyl (C=O) groups is 1. The first kappa shape index (κ1) is 17.0. The van der Waals surface area contributed by atoms with Gasteiger partial charge in [0.15, 0.2) is 5.58 Å². The summed E-state index contributed by atoms with van der Waals surface area (Å²) in [6.45, 7) is 1.91. The smallest absolute Gasteiger partial charge is 0.234 e. The first-order chi connectivity index (χ1) is 12.6. The summed E-state index contributed by atoms with van der Waals surface area (Å²) in [5, 5.41) is 11.8. The predicted octanol–water partition coefficient (Wildman–Crippen LogP) is 4.24.